The van der Waals surface area contributed by atoms with E-state index in [0.717, 1.165) is 35.1 Å². The van der Waals surface area contributed by atoms with Crippen molar-refractivity contribution in [3.63, 3.8) is 0 Å². The number of nitrogens with zero attached hydrogens (tertiary/aromatic N) is 5. The summed E-state index contributed by atoms with van der Waals surface area (Å²) in [5.74, 6) is 1.15. The largest absolute Gasteiger partial charge is 0.444 e. The van der Waals surface area contributed by atoms with E-state index in [1.165, 1.54) is 0 Å². The third kappa shape index (κ3) is 4.59. The molecule has 10 nitrogen and oxygen atoms in total. The molecule has 1 aromatic carbocycles. The number of ether oxygens (including phenoxy) is 1. The van der Waals surface area contributed by atoms with Gasteiger partial charge < -0.3 is 14.5 Å². The first-order chi connectivity index (χ1) is 16.2. The van der Waals surface area contributed by atoms with Crippen LogP contribution in [0.15, 0.2) is 29.4 Å². The molecule has 0 aliphatic carbocycles. The van der Waals surface area contributed by atoms with Crippen LogP contribution in [-0.2, 0) is 14.4 Å². The summed E-state index contributed by atoms with van der Waals surface area (Å²) in [6.07, 6.45) is 2.96. The fourth-order valence-electron chi connectivity index (χ4n) is 4.56. The lowest BCUT2D eigenvalue weighted by molar-refractivity contribution is -0.134. The van der Waals surface area contributed by atoms with Crippen LogP contribution in [0.5, 0.6) is 0 Å². The number of fused-ring (bicyclic) bond motifs is 1. The Balaban J connectivity index is 1.21. The monoisotopic (exact) mass is 468 g/mol. The molecule has 34 heavy (non-hydrogen) atoms. The number of hydrogen-bond acceptors (Lipinski definition) is 7. The lowest BCUT2D eigenvalue weighted by Crippen LogP contribution is -2.49. The van der Waals surface area contributed by atoms with Gasteiger partial charge in [0.2, 0.25) is 12.1 Å². The van der Waals surface area contributed by atoms with Gasteiger partial charge >= 0.3 is 6.09 Å². The van der Waals surface area contributed by atoms with E-state index < -0.39 is 11.8 Å². The molecule has 5 rings (SSSR count). The van der Waals surface area contributed by atoms with Crippen LogP contribution in [0.3, 0.4) is 0 Å². The zero-order valence-electron chi connectivity index (χ0n) is 20.2. The Morgan fingerprint density at radius 1 is 1.15 bits per heavy atom. The van der Waals surface area contributed by atoms with Crippen molar-refractivity contribution < 1.29 is 19.2 Å². The number of aromatic nitrogens is 2. The predicted octanol–water partition coefficient (Wildman–Crippen LogP) is 3.02. The summed E-state index contributed by atoms with van der Waals surface area (Å²) in [4.78, 5) is 37.9. The summed E-state index contributed by atoms with van der Waals surface area (Å²) < 4.78 is 7.44. The Morgan fingerprint density at radius 2 is 1.88 bits per heavy atom. The highest BCUT2D eigenvalue weighted by Gasteiger charge is 2.33. The molecule has 4 heterocycles. The number of rotatable bonds is 3. The summed E-state index contributed by atoms with van der Waals surface area (Å²) >= 11 is 0. The molecule has 1 aromatic heterocycles. The van der Waals surface area contributed by atoms with Crippen molar-refractivity contribution in [2.24, 2.45) is 10.9 Å². The van der Waals surface area contributed by atoms with E-state index in [1.807, 2.05) is 54.7 Å². The second-order valence-electron chi connectivity index (χ2n) is 10.3. The predicted molar refractivity (Wildman–Crippen MR) is 126 cm³/mol. The van der Waals surface area contributed by atoms with Crippen LogP contribution >= 0.6 is 0 Å². The average Bonchev–Trinajstić information content (AvgIpc) is 3.38. The van der Waals surface area contributed by atoms with Crippen LogP contribution in [0.1, 0.15) is 58.4 Å². The quantitative estimate of drug-likeness (QED) is 0.743. The second kappa shape index (κ2) is 8.57. The number of hydrogen-bond donors (Lipinski definition) is 1. The number of benzene rings is 1. The summed E-state index contributed by atoms with van der Waals surface area (Å²) in [6, 6.07) is 6.28. The maximum absolute atomic E-state index is 12.3. The Bertz CT molecular complexity index is 1120. The Morgan fingerprint density at radius 3 is 2.56 bits per heavy atom. The molecule has 0 saturated carbocycles. The molecule has 1 atom stereocenters. The normalized spacial score (nSPS) is 21.9. The molecule has 1 N–H and O–H groups in total. The third-order valence-corrected chi connectivity index (χ3v) is 6.58. The minimum atomic E-state index is -0.490. The van der Waals surface area contributed by atoms with Crippen molar-refractivity contribution in [1.29, 1.82) is 0 Å². The van der Waals surface area contributed by atoms with Gasteiger partial charge in [-0.1, -0.05) is 12.1 Å². The van der Waals surface area contributed by atoms with Gasteiger partial charge in [0.15, 0.2) is 0 Å². The molecule has 182 valence electrons. The second-order valence-corrected chi connectivity index (χ2v) is 10.3. The van der Waals surface area contributed by atoms with Gasteiger partial charge in [-0.25, -0.2) is 14.6 Å². The molecule has 1 unspecified atom stereocenters. The van der Waals surface area contributed by atoms with Gasteiger partial charge in [-0.3, -0.25) is 15.0 Å². The van der Waals surface area contributed by atoms with E-state index in [4.69, 9.17) is 19.7 Å². The van der Waals surface area contributed by atoms with Crippen molar-refractivity contribution in [1.82, 2.24) is 25.1 Å². The molecule has 3 aliphatic rings. The lowest BCUT2D eigenvalue weighted by Gasteiger charge is -2.38. The van der Waals surface area contributed by atoms with Crippen LogP contribution in [0.2, 0.25) is 0 Å². The Kier molecular flexibility index (Phi) is 5.71. The molecule has 0 spiro atoms. The van der Waals surface area contributed by atoms with Crippen LogP contribution < -0.4 is 5.48 Å². The summed E-state index contributed by atoms with van der Waals surface area (Å²) in [6.45, 7) is 9.90. The summed E-state index contributed by atoms with van der Waals surface area (Å²) in [7, 11) is 0. The lowest BCUT2D eigenvalue weighted by atomic mass is 9.96. The average molecular weight is 469 g/mol. The number of carbonyl (C=O) groups is 2. The van der Waals surface area contributed by atoms with E-state index >= 15 is 0 Å². The number of amidine groups is 1. The topological polar surface area (TPSA) is 101 Å². The first-order valence-corrected chi connectivity index (χ1v) is 11.9. The number of amides is 2. The highest BCUT2D eigenvalue weighted by Crippen LogP contribution is 2.30. The minimum Gasteiger partial charge on any atom is -0.444 e. The zero-order valence-corrected chi connectivity index (χ0v) is 20.2. The van der Waals surface area contributed by atoms with E-state index in [0.29, 0.717) is 26.2 Å². The number of hydroxylamine groups is 1. The Hall–Kier alpha value is -3.14. The van der Waals surface area contributed by atoms with Gasteiger partial charge in [0.05, 0.1) is 11.6 Å². The van der Waals surface area contributed by atoms with Crippen LogP contribution in [-0.4, -0.2) is 69.2 Å². The van der Waals surface area contributed by atoms with Gasteiger partial charge in [-0.2, -0.15) is 5.10 Å². The van der Waals surface area contributed by atoms with E-state index in [-0.39, 0.29) is 24.0 Å². The molecule has 0 bridgehead atoms. The highest BCUT2D eigenvalue weighted by molar-refractivity contribution is 5.85. The SMILES string of the molecule is CC(=O)N1CC(n2cc3ccc(C4N=C(C5CCN(C(=O)OC(C)(C)C)CC5)NO4)cc3n2)C1. The van der Waals surface area contributed by atoms with Crippen molar-refractivity contribution in [2.75, 3.05) is 26.2 Å². The maximum atomic E-state index is 12.3. The number of piperidine rings is 1. The fraction of sp³-hybridized carbons (Fsp3) is 0.583. The Labute approximate surface area is 198 Å². The van der Waals surface area contributed by atoms with E-state index in [1.54, 1.807) is 11.8 Å². The van der Waals surface area contributed by atoms with Gasteiger partial charge in [0, 0.05) is 56.2 Å². The van der Waals surface area contributed by atoms with Crippen molar-refractivity contribution >= 4 is 28.7 Å². The number of nitrogens with one attached hydrogen (secondary N) is 1. The molecule has 2 saturated heterocycles. The first kappa shape index (κ1) is 22.6. The van der Waals surface area contributed by atoms with Gasteiger partial charge in [0.25, 0.3) is 0 Å². The van der Waals surface area contributed by atoms with Gasteiger partial charge in [-0.15, -0.1) is 0 Å². The molecule has 2 aromatic rings. The molecule has 2 fully saturated rings. The van der Waals surface area contributed by atoms with Gasteiger partial charge in [0.1, 0.15) is 11.4 Å². The molecular weight excluding hydrogens is 436 g/mol. The van der Waals surface area contributed by atoms with E-state index in [9.17, 15) is 9.59 Å². The summed E-state index contributed by atoms with van der Waals surface area (Å²) in [5.41, 5.74) is 4.35. The van der Waals surface area contributed by atoms with Crippen LogP contribution in [0, 0.1) is 5.92 Å². The number of carbonyl (C=O) groups excluding carboxylic acids is 2. The molecule has 3 aliphatic heterocycles. The van der Waals surface area contributed by atoms with Crippen LogP contribution in [0.25, 0.3) is 10.9 Å². The van der Waals surface area contributed by atoms with Crippen molar-refractivity contribution in [3.05, 3.63) is 30.0 Å². The molecule has 0 radical (unpaired) electrons. The molecule has 2 amide bonds. The van der Waals surface area contributed by atoms with Crippen molar-refractivity contribution in [2.45, 2.75) is 58.4 Å². The smallest absolute Gasteiger partial charge is 0.410 e. The van der Waals surface area contributed by atoms with E-state index in [2.05, 4.69) is 5.48 Å². The summed E-state index contributed by atoms with van der Waals surface area (Å²) in [5, 5.41) is 5.78. The first-order valence-electron chi connectivity index (χ1n) is 11.9. The third-order valence-electron chi connectivity index (χ3n) is 6.58. The van der Waals surface area contributed by atoms with Gasteiger partial charge in [-0.05, 0) is 39.7 Å². The maximum Gasteiger partial charge on any atom is 0.410 e. The highest BCUT2D eigenvalue weighted by atomic mass is 16.7. The minimum absolute atomic E-state index is 0.102. The molecular formula is C24H32N6O4. The molecule has 10 heteroatoms. The fourth-order valence-corrected chi connectivity index (χ4v) is 4.56. The zero-order chi connectivity index (χ0) is 24.0. The number of aliphatic imine (C=N–C) groups is 1. The van der Waals surface area contributed by atoms with Crippen molar-refractivity contribution in [3.8, 4) is 0 Å². The number of likely N-dealkylation sites (tertiary alicyclic amines) is 2. The van der Waals surface area contributed by atoms with Crippen LogP contribution in [0.4, 0.5) is 4.79 Å². The standard InChI is InChI=1S/C24H32N6O4/c1-15(31)29-13-19(14-29)30-12-18-6-5-17(11-20(18)26-30)22-25-21(27-34-22)16-7-9-28(10-8-16)23(32)33-24(2,3)4/h5-6,11-12,16,19,22H,7-10,13-14H2,1-4H3,(H,25,27).